The van der Waals surface area contributed by atoms with Crippen LogP contribution in [0.3, 0.4) is 0 Å². The van der Waals surface area contributed by atoms with Crippen molar-refractivity contribution in [2.75, 3.05) is 34.9 Å². The van der Waals surface area contributed by atoms with E-state index in [2.05, 4.69) is 15.6 Å². The maximum atomic E-state index is 5.54. The molecule has 1 aliphatic carbocycles. The van der Waals surface area contributed by atoms with Gasteiger partial charge in [-0.3, -0.25) is 4.99 Å². The normalized spacial score (nSPS) is 15.0. The third-order valence-corrected chi connectivity index (χ3v) is 4.64. The zero-order chi connectivity index (χ0) is 18.1. The summed E-state index contributed by atoms with van der Waals surface area (Å²) >= 11 is 0. The number of ether oxygens (including phenoxy) is 3. The van der Waals surface area contributed by atoms with Gasteiger partial charge in [-0.15, -0.1) is 24.0 Å². The van der Waals surface area contributed by atoms with E-state index in [9.17, 15) is 0 Å². The maximum absolute atomic E-state index is 5.54. The number of hydrogen-bond acceptors (Lipinski definition) is 4. The highest BCUT2D eigenvalue weighted by molar-refractivity contribution is 14.0. The van der Waals surface area contributed by atoms with Gasteiger partial charge in [-0.2, -0.15) is 0 Å². The lowest BCUT2D eigenvalue weighted by molar-refractivity contribution is 0.322. The fourth-order valence-electron chi connectivity index (χ4n) is 3.31. The zero-order valence-electron chi connectivity index (χ0n) is 16.3. The molecule has 2 N–H and O–H groups in total. The number of halogens is 1. The summed E-state index contributed by atoms with van der Waals surface area (Å²) in [4.78, 5) is 4.34. The molecule has 26 heavy (non-hydrogen) atoms. The van der Waals surface area contributed by atoms with Crippen LogP contribution in [0.1, 0.15) is 37.7 Å². The highest BCUT2D eigenvalue weighted by Gasteiger charge is 2.16. The minimum atomic E-state index is 0. The summed E-state index contributed by atoms with van der Waals surface area (Å²) in [6.07, 6.45) is 7.21. The fraction of sp³-hybridized carbons (Fsp3) is 0.632. The van der Waals surface area contributed by atoms with Gasteiger partial charge in [0.2, 0.25) is 5.75 Å². The molecule has 0 radical (unpaired) electrons. The lowest BCUT2D eigenvalue weighted by Gasteiger charge is -2.25. The van der Waals surface area contributed by atoms with Crippen molar-refractivity contribution < 1.29 is 14.2 Å². The molecule has 1 fully saturated rings. The molecule has 6 nitrogen and oxygen atoms in total. The standard InChI is InChI=1S/C19H31N3O3.HI/c1-20-19(22-15-8-6-5-7-9-15)21-13-12-14-10-11-16(23-2)18(25-4)17(14)24-3;/h10-11,15H,5-9,12-13H2,1-4H3,(H2,20,21,22);1H. The molecule has 1 aromatic rings. The van der Waals surface area contributed by atoms with Gasteiger partial charge in [-0.1, -0.05) is 25.3 Å². The first-order valence-corrected chi connectivity index (χ1v) is 8.98. The second-order valence-electron chi connectivity index (χ2n) is 6.22. The summed E-state index contributed by atoms with van der Waals surface area (Å²) in [5.41, 5.74) is 1.07. The van der Waals surface area contributed by atoms with Crippen LogP contribution in [-0.2, 0) is 6.42 Å². The Kier molecular flexibility index (Phi) is 10.5. The Morgan fingerprint density at radius 1 is 1.04 bits per heavy atom. The van der Waals surface area contributed by atoms with Crippen molar-refractivity contribution in [3.05, 3.63) is 17.7 Å². The van der Waals surface area contributed by atoms with E-state index in [0.29, 0.717) is 17.5 Å². The van der Waals surface area contributed by atoms with Gasteiger partial charge in [0.15, 0.2) is 17.5 Å². The largest absolute Gasteiger partial charge is 0.493 e. The number of benzene rings is 1. The molecule has 1 aliphatic rings. The van der Waals surface area contributed by atoms with Crippen LogP contribution in [-0.4, -0.2) is 46.9 Å². The lowest BCUT2D eigenvalue weighted by atomic mass is 9.96. The van der Waals surface area contributed by atoms with Crippen molar-refractivity contribution in [2.24, 2.45) is 4.99 Å². The second kappa shape index (κ2) is 12.1. The van der Waals surface area contributed by atoms with E-state index >= 15 is 0 Å². The van der Waals surface area contributed by atoms with Gasteiger partial charge in [-0.25, -0.2) is 0 Å². The molecule has 148 valence electrons. The van der Waals surface area contributed by atoms with Crippen LogP contribution in [0, 0.1) is 0 Å². The first-order valence-electron chi connectivity index (χ1n) is 8.98. The number of nitrogens with one attached hydrogen (secondary N) is 2. The van der Waals surface area contributed by atoms with Crippen LogP contribution in [0.15, 0.2) is 17.1 Å². The molecule has 2 rings (SSSR count). The van der Waals surface area contributed by atoms with Crippen LogP contribution in [0.25, 0.3) is 0 Å². The molecule has 0 bridgehead atoms. The van der Waals surface area contributed by atoms with E-state index in [-0.39, 0.29) is 24.0 Å². The number of nitrogens with zero attached hydrogens (tertiary/aromatic N) is 1. The van der Waals surface area contributed by atoms with Gasteiger partial charge >= 0.3 is 0 Å². The Balaban J connectivity index is 0.00000338. The predicted octanol–water partition coefficient (Wildman–Crippen LogP) is 3.37. The molecule has 0 atom stereocenters. The van der Waals surface area contributed by atoms with Gasteiger partial charge in [0.25, 0.3) is 0 Å². The Morgan fingerprint density at radius 2 is 1.73 bits per heavy atom. The third-order valence-electron chi connectivity index (χ3n) is 4.64. The number of hydrogen-bond donors (Lipinski definition) is 2. The molecule has 0 saturated heterocycles. The van der Waals surface area contributed by atoms with Gasteiger partial charge < -0.3 is 24.8 Å². The summed E-state index contributed by atoms with van der Waals surface area (Å²) in [5, 5.41) is 6.92. The van der Waals surface area contributed by atoms with Crippen molar-refractivity contribution in [1.82, 2.24) is 10.6 Å². The molecular formula is C19H32IN3O3. The van der Waals surface area contributed by atoms with Gasteiger partial charge in [-0.05, 0) is 25.3 Å². The van der Waals surface area contributed by atoms with E-state index in [1.807, 2.05) is 19.2 Å². The Morgan fingerprint density at radius 3 is 2.31 bits per heavy atom. The average Bonchev–Trinajstić information content (AvgIpc) is 2.67. The first kappa shape index (κ1) is 22.7. The number of rotatable bonds is 7. The molecular weight excluding hydrogens is 445 g/mol. The monoisotopic (exact) mass is 477 g/mol. The second-order valence-corrected chi connectivity index (χ2v) is 6.22. The molecule has 1 aromatic carbocycles. The smallest absolute Gasteiger partial charge is 0.203 e. The molecule has 0 unspecified atom stereocenters. The molecule has 0 aliphatic heterocycles. The number of guanidine groups is 1. The van der Waals surface area contributed by atoms with Crippen molar-refractivity contribution in [1.29, 1.82) is 0 Å². The van der Waals surface area contributed by atoms with Crippen LogP contribution in [0.5, 0.6) is 17.2 Å². The molecule has 0 heterocycles. The summed E-state index contributed by atoms with van der Waals surface area (Å²) in [6, 6.07) is 4.46. The van der Waals surface area contributed by atoms with Crippen LogP contribution < -0.4 is 24.8 Å². The Hall–Kier alpha value is -1.38. The molecule has 0 amide bonds. The van der Waals surface area contributed by atoms with Crippen LogP contribution >= 0.6 is 24.0 Å². The van der Waals surface area contributed by atoms with E-state index in [1.54, 1.807) is 21.3 Å². The van der Waals surface area contributed by atoms with Crippen molar-refractivity contribution in [2.45, 2.75) is 44.6 Å². The SMILES string of the molecule is CN=C(NCCc1ccc(OC)c(OC)c1OC)NC1CCCCC1.I. The molecule has 7 heteroatoms. The number of aliphatic imine (C=N–C) groups is 1. The Bertz CT molecular complexity index is 575. The fourth-order valence-corrected chi connectivity index (χ4v) is 3.31. The molecule has 0 aromatic heterocycles. The Labute approximate surface area is 174 Å². The van der Waals surface area contributed by atoms with E-state index < -0.39 is 0 Å². The van der Waals surface area contributed by atoms with Crippen LogP contribution in [0.4, 0.5) is 0 Å². The predicted molar refractivity (Wildman–Crippen MR) is 117 cm³/mol. The van der Waals surface area contributed by atoms with E-state index in [4.69, 9.17) is 14.2 Å². The maximum Gasteiger partial charge on any atom is 0.203 e. The minimum absolute atomic E-state index is 0. The number of methoxy groups -OCH3 is 3. The summed E-state index contributed by atoms with van der Waals surface area (Å²) in [5.74, 6) is 2.89. The van der Waals surface area contributed by atoms with Crippen molar-refractivity contribution in [3.63, 3.8) is 0 Å². The van der Waals surface area contributed by atoms with Gasteiger partial charge in [0.1, 0.15) is 0 Å². The topological polar surface area (TPSA) is 64.1 Å². The highest BCUT2D eigenvalue weighted by atomic mass is 127. The summed E-state index contributed by atoms with van der Waals surface area (Å²) in [6.45, 7) is 0.762. The minimum Gasteiger partial charge on any atom is -0.493 e. The van der Waals surface area contributed by atoms with Gasteiger partial charge in [0.05, 0.1) is 21.3 Å². The average molecular weight is 477 g/mol. The molecule has 0 spiro atoms. The highest BCUT2D eigenvalue weighted by Crippen LogP contribution is 2.39. The van der Waals surface area contributed by atoms with Gasteiger partial charge in [0, 0.05) is 25.2 Å². The first-order chi connectivity index (χ1) is 12.2. The van der Waals surface area contributed by atoms with E-state index in [0.717, 1.165) is 30.2 Å². The lowest BCUT2D eigenvalue weighted by Crippen LogP contribution is -2.44. The van der Waals surface area contributed by atoms with E-state index in [1.165, 1.54) is 32.1 Å². The summed E-state index contributed by atoms with van der Waals surface area (Å²) in [7, 11) is 6.71. The van der Waals surface area contributed by atoms with Crippen LogP contribution in [0.2, 0.25) is 0 Å². The third kappa shape index (κ3) is 6.10. The van der Waals surface area contributed by atoms with Crippen molar-refractivity contribution in [3.8, 4) is 17.2 Å². The van der Waals surface area contributed by atoms with Crippen molar-refractivity contribution >= 4 is 29.9 Å². The molecule has 1 saturated carbocycles. The quantitative estimate of drug-likeness (QED) is 0.358. The zero-order valence-corrected chi connectivity index (χ0v) is 18.6. The summed E-state index contributed by atoms with van der Waals surface area (Å²) < 4.78 is 16.3.